The van der Waals surface area contributed by atoms with Crippen molar-refractivity contribution < 1.29 is 14.0 Å². The topological polar surface area (TPSA) is 97.3 Å². The van der Waals surface area contributed by atoms with E-state index < -0.39 is 6.03 Å². The Morgan fingerprint density at radius 1 is 1.34 bits per heavy atom. The molecule has 3 heterocycles. The third-order valence-corrected chi connectivity index (χ3v) is 6.71. The van der Waals surface area contributed by atoms with Crippen LogP contribution < -0.4 is 5.32 Å². The van der Waals surface area contributed by atoms with Crippen LogP contribution >= 0.6 is 0 Å². The number of fused-ring (bicyclic) bond motifs is 1. The molecule has 2 aliphatic heterocycles. The van der Waals surface area contributed by atoms with E-state index in [0.29, 0.717) is 46.3 Å². The summed E-state index contributed by atoms with van der Waals surface area (Å²) in [6, 6.07) is 4.24. The van der Waals surface area contributed by atoms with E-state index in [-0.39, 0.29) is 24.7 Å². The molecule has 10 nitrogen and oxygen atoms in total. The molecule has 1 N–H and O–H groups in total. The van der Waals surface area contributed by atoms with Gasteiger partial charge in [-0.1, -0.05) is 5.92 Å². The van der Waals surface area contributed by atoms with Gasteiger partial charge < -0.3 is 15.1 Å². The van der Waals surface area contributed by atoms with Gasteiger partial charge in [-0.15, -0.1) is 5.92 Å². The van der Waals surface area contributed by atoms with Gasteiger partial charge in [0.1, 0.15) is 24.5 Å². The van der Waals surface area contributed by atoms with Crippen LogP contribution in [0.3, 0.4) is 0 Å². The molecule has 0 radical (unpaired) electrons. The van der Waals surface area contributed by atoms with E-state index in [2.05, 4.69) is 32.0 Å². The summed E-state index contributed by atoms with van der Waals surface area (Å²) >= 11 is 0. The summed E-state index contributed by atoms with van der Waals surface area (Å²) in [5.74, 6) is 6.85. The first-order valence-electron chi connectivity index (χ1n) is 12.6. The lowest BCUT2D eigenvalue weighted by Gasteiger charge is -2.38. The van der Waals surface area contributed by atoms with Crippen LogP contribution in [-0.2, 0) is 11.3 Å². The maximum Gasteiger partial charge on any atom is 0.345 e. The second kappa shape index (κ2) is 11.6. The molecule has 1 fully saturated rings. The number of hydrazine groups is 1. The van der Waals surface area contributed by atoms with E-state index in [0.717, 1.165) is 25.9 Å². The Kier molecular flexibility index (Phi) is 8.22. The number of guanidine groups is 1. The van der Waals surface area contributed by atoms with Crippen LogP contribution in [0.4, 0.5) is 9.18 Å². The highest BCUT2D eigenvalue weighted by Crippen LogP contribution is 2.27. The first-order chi connectivity index (χ1) is 18.3. The summed E-state index contributed by atoms with van der Waals surface area (Å²) < 4.78 is 13.7. The van der Waals surface area contributed by atoms with Crippen molar-refractivity contribution in [3.05, 3.63) is 46.9 Å². The predicted molar refractivity (Wildman–Crippen MR) is 143 cm³/mol. The maximum absolute atomic E-state index is 13.9. The number of likely N-dealkylation sites (N-methyl/N-ethyl adjacent to an activating group) is 1. The largest absolute Gasteiger partial charge is 0.345 e. The maximum atomic E-state index is 13.9. The van der Waals surface area contributed by atoms with Gasteiger partial charge in [-0.2, -0.15) is 10.0 Å². The lowest BCUT2D eigenvalue weighted by atomic mass is 10.1. The zero-order chi connectivity index (χ0) is 27.4. The number of hydrogen-bond donors (Lipinski definition) is 1. The molecule has 0 spiro atoms. The fourth-order valence-electron chi connectivity index (χ4n) is 4.65. The molecular formula is C27H33FN8O2. The molecule has 4 rings (SSSR count). The van der Waals surface area contributed by atoms with Gasteiger partial charge in [0.2, 0.25) is 5.96 Å². The average Bonchev–Trinajstić information content (AvgIpc) is 3.30. The number of carbonyl (C=O) groups is 2. The predicted octanol–water partition coefficient (Wildman–Crippen LogP) is 2.66. The molecule has 0 saturated carbocycles. The van der Waals surface area contributed by atoms with Crippen LogP contribution in [0.1, 0.15) is 38.2 Å². The lowest BCUT2D eigenvalue weighted by Crippen LogP contribution is -2.56. The summed E-state index contributed by atoms with van der Waals surface area (Å²) in [5.41, 5.74) is 1.56. The summed E-state index contributed by atoms with van der Waals surface area (Å²) in [6.45, 7) is 6.99. The number of aromatic nitrogens is 2. The number of nitrogens with zero attached hydrogens (tertiary/aromatic N) is 7. The molecule has 1 atom stereocenters. The van der Waals surface area contributed by atoms with Crippen molar-refractivity contribution in [3.63, 3.8) is 0 Å². The zero-order valence-corrected chi connectivity index (χ0v) is 22.5. The van der Waals surface area contributed by atoms with Gasteiger partial charge in [0.05, 0.1) is 12.1 Å². The van der Waals surface area contributed by atoms with Gasteiger partial charge in [-0.25, -0.2) is 24.2 Å². The van der Waals surface area contributed by atoms with Gasteiger partial charge in [0.25, 0.3) is 0 Å². The first kappa shape index (κ1) is 27.0. The smallest absolute Gasteiger partial charge is 0.339 e. The molecule has 2 aromatic rings. The summed E-state index contributed by atoms with van der Waals surface area (Å²) in [5, 5.41) is 7.09. The molecule has 1 unspecified atom stereocenters. The van der Waals surface area contributed by atoms with E-state index in [9.17, 15) is 14.0 Å². The lowest BCUT2D eigenvalue weighted by molar-refractivity contribution is -0.105. The number of aryl methyl sites for hydroxylation is 1. The standard InChI is InChI=1S/C27H33FN8O2/c1-6-7-13-35-26(34-12-8-9-21(15-34)29-4)32-25(18(2)17-37)36(35)27(38)33(5)16-24-30-19(3)22-14-20(28)10-11-23(22)31-24/h10-11,14,17,21,29H,8-9,12-13,15-16H2,1-5H3/b25-18-. The molecule has 2 aliphatic rings. The minimum atomic E-state index is -0.402. The number of aliphatic imine (C=N–C) groups is 1. The van der Waals surface area contributed by atoms with Crippen LogP contribution in [0.25, 0.3) is 10.9 Å². The van der Waals surface area contributed by atoms with E-state index in [1.807, 2.05) is 7.05 Å². The number of urea groups is 1. The van der Waals surface area contributed by atoms with Crippen molar-refractivity contribution in [3.8, 4) is 11.8 Å². The van der Waals surface area contributed by atoms with E-state index >= 15 is 0 Å². The Morgan fingerprint density at radius 3 is 2.84 bits per heavy atom. The number of likely N-dealkylation sites (tertiary alicyclic amines) is 1. The number of nitrogens with one attached hydrogen (secondary N) is 1. The number of piperidine rings is 1. The second-order valence-electron chi connectivity index (χ2n) is 9.43. The van der Waals surface area contributed by atoms with Gasteiger partial charge in [0, 0.05) is 42.8 Å². The van der Waals surface area contributed by atoms with Crippen LogP contribution in [0.15, 0.2) is 34.6 Å². The van der Waals surface area contributed by atoms with Crippen molar-refractivity contribution in [1.29, 1.82) is 0 Å². The molecule has 0 bridgehead atoms. The first-order valence-corrected chi connectivity index (χ1v) is 12.6. The number of rotatable bonds is 5. The van der Waals surface area contributed by atoms with Gasteiger partial charge in [-0.05, 0) is 58.9 Å². The molecule has 200 valence electrons. The number of benzene rings is 1. The van der Waals surface area contributed by atoms with Crippen molar-refractivity contribution in [2.24, 2.45) is 4.99 Å². The minimum Gasteiger partial charge on any atom is -0.339 e. The van der Waals surface area contributed by atoms with Crippen LogP contribution in [-0.4, -0.2) is 87.8 Å². The van der Waals surface area contributed by atoms with E-state index in [4.69, 9.17) is 4.99 Å². The normalized spacial score (nSPS) is 18.7. The van der Waals surface area contributed by atoms with Crippen molar-refractivity contribution in [2.45, 2.75) is 46.2 Å². The third kappa shape index (κ3) is 5.45. The molecular weight excluding hydrogens is 487 g/mol. The number of halogens is 1. The van der Waals surface area contributed by atoms with Crippen LogP contribution in [0.2, 0.25) is 0 Å². The summed E-state index contributed by atoms with van der Waals surface area (Å²) in [6.07, 6.45) is 2.72. The average molecular weight is 521 g/mol. The van der Waals surface area contributed by atoms with Crippen LogP contribution in [0.5, 0.6) is 0 Å². The van der Waals surface area contributed by atoms with Gasteiger partial charge >= 0.3 is 6.03 Å². The number of carbonyl (C=O) groups excluding carboxylic acids is 2. The number of aldehydes is 1. The Bertz CT molecular complexity index is 1360. The quantitative estimate of drug-likeness (QED) is 0.368. The Morgan fingerprint density at radius 2 is 2.13 bits per heavy atom. The molecule has 1 saturated heterocycles. The highest BCUT2D eigenvalue weighted by atomic mass is 19.1. The zero-order valence-electron chi connectivity index (χ0n) is 22.5. The molecule has 0 aliphatic carbocycles. The second-order valence-corrected chi connectivity index (χ2v) is 9.43. The van der Waals surface area contributed by atoms with Crippen molar-refractivity contribution in [2.75, 3.05) is 33.7 Å². The molecule has 38 heavy (non-hydrogen) atoms. The Labute approximate surface area is 222 Å². The molecule has 2 amide bonds. The van der Waals surface area contributed by atoms with Crippen molar-refractivity contribution in [1.82, 2.24) is 35.1 Å². The number of allylic oxidation sites excluding steroid dienone is 1. The Hall–Kier alpha value is -4.04. The fourth-order valence-corrected chi connectivity index (χ4v) is 4.65. The Balaban J connectivity index is 1.66. The van der Waals surface area contributed by atoms with Gasteiger partial charge in [0.15, 0.2) is 5.82 Å². The van der Waals surface area contributed by atoms with E-state index in [1.165, 1.54) is 22.0 Å². The SMILES string of the molecule is CC#CCN1C(N2CCCC(NC)C2)=N/C(=C(\C)C=O)N1C(=O)N(C)Cc1nc(C)c2cc(F)ccc2n1. The van der Waals surface area contributed by atoms with Crippen molar-refractivity contribution >= 4 is 29.2 Å². The van der Waals surface area contributed by atoms with Crippen LogP contribution in [0, 0.1) is 24.6 Å². The highest BCUT2D eigenvalue weighted by molar-refractivity contribution is 5.91. The van der Waals surface area contributed by atoms with E-state index in [1.54, 1.807) is 38.9 Å². The summed E-state index contributed by atoms with van der Waals surface area (Å²) in [7, 11) is 3.58. The summed E-state index contributed by atoms with van der Waals surface area (Å²) in [4.78, 5) is 43.1. The monoisotopic (exact) mass is 520 g/mol. The number of amides is 2. The number of hydrogen-bond acceptors (Lipinski definition) is 8. The minimum absolute atomic E-state index is 0.102. The third-order valence-electron chi connectivity index (χ3n) is 6.71. The fraction of sp³-hybridized carbons (Fsp3) is 0.444. The van der Waals surface area contributed by atoms with Gasteiger partial charge in [-0.3, -0.25) is 4.79 Å². The highest BCUT2D eigenvalue weighted by Gasteiger charge is 2.40. The molecule has 1 aromatic carbocycles. The molecule has 1 aromatic heterocycles. The molecule has 11 heteroatoms.